The molecular formula is C16H11NOS2. The fraction of sp³-hybridized carbons (Fsp3) is 0. The van der Waals surface area contributed by atoms with Crippen LogP contribution in [0, 0.1) is 0 Å². The maximum atomic E-state index is 5.79. The smallest absolute Gasteiger partial charge is 0.244 e. The van der Waals surface area contributed by atoms with Gasteiger partial charge in [-0.2, -0.15) is 0 Å². The Morgan fingerprint density at radius 3 is 2.00 bits per heavy atom. The minimum atomic E-state index is 0.351. The molecule has 4 heteroatoms. The van der Waals surface area contributed by atoms with Crippen LogP contribution in [-0.4, -0.2) is 9.18 Å². The molecule has 0 saturated heterocycles. The summed E-state index contributed by atoms with van der Waals surface area (Å²) in [6, 6.07) is 19.8. The molecule has 0 spiro atoms. The van der Waals surface area contributed by atoms with Crippen molar-refractivity contribution in [1.29, 1.82) is 0 Å². The van der Waals surface area contributed by atoms with Crippen LogP contribution in [0.2, 0.25) is 0 Å². The van der Waals surface area contributed by atoms with Crippen LogP contribution in [0.25, 0.3) is 22.6 Å². The van der Waals surface area contributed by atoms with Crippen molar-refractivity contribution in [3.63, 3.8) is 0 Å². The van der Waals surface area contributed by atoms with Gasteiger partial charge < -0.3 is 4.42 Å². The first-order valence-corrected chi connectivity index (χ1v) is 6.96. The van der Waals surface area contributed by atoms with Crippen LogP contribution >= 0.6 is 24.8 Å². The molecule has 0 N–H and O–H groups in total. The van der Waals surface area contributed by atoms with Crippen LogP contribution in [0.4, 0.5) is 0 Å². The van der Waals surface area contributed by atoms with Gasteiger partial charge in [-0.1, -0.05) is 72.9 Å². The third kappa shape index (κ3) is 2.53. The van der Waals surface area contributed by atoms with Gasteiger partial charge in [0.05, 0.1) is 0 Å². The van der Waals surface area contributed by atoms with Gasteiger partial charge in [-0.25, -0.2) is 4.98 Å². The predicted octanol–water partition coefficient (Wildman–Crippen LogP) is 4.61. The maximum absolute atomic E-state index is 5.79. The highest BCUT2D eigenvalue weighted by molar-refractivity contribution is 8.11. The second-order valence-electron chi connectivity index (χ2n) is 4.23. The van der Waals surface area contributed by atoms with Crippen LogP contribution in [0.1, 0.15) is 5.89 Å². The fourth-order valence-corrected chi connectivity index (χ4v) is 2.17. The first-order chi connectivity index (χ1) is 9.75. The van der Waals surface area contributed by atoms with E-state index in [9.17, 15) is 0 Å². The Kier molecular flexibility index (Phi) is 3.67. The zero-order valence-corrected chi connectivity index (χ0v) is 12.2. The van der Waals surface area contributed by atoms with Crippen LogP contribution in [0.3, 0.4) is 0 Å². The van der Waals surface area contributed by atoms with Gasteiger partial charge in [-0.3, -0.25) is 0 Å². The van der Waals surface area contributed by atoms with Crippen LogP contribution in [0.15, 0.2) is 65.1 Å². The summed E-state index contributed by atoms with van der Waals surface area (Å²) in [5.74, 6) is 1.09. The summed E-state index contributed by atoms with van der Waals surface area (Å²) in [7, 11) is 0. The first kappa shape index (κ1) is 13.1. The zero-order chi connectivity index (χ0) is 13.9. The number of nitrogens with zero attached hydrogens (tertiary/aromatic N) is 1. The highest BCUT2D eigenvalue weighted by Gasteiger charge is 2.17. The van der Waals surface area contributed by atoms with Gasteiger partial charge in [0, 0.05) is 11.1 Å². The molecule has 1 heterocycles. The van der Waals surface area contributed by atoms with Gasteiger partial charge in [0.25, 0.3) is 0 Å². The molecule has 0 amide bonds. The molecule has 0 aliphatic heterocycles. The molecule has 0 radical (unpaired) electrons. The number of oxazole rings is 1. The van der Waals surface area contributed by atoms with E-state index in [-0.39, 0.29) is 0 Å². The Morgan fingerprint density at radius 2 is 1.45 bits per heavy atom. The third-order valence-electron chi connectivity index (χ3n) is 2.89. The molecule has 0 unspecified atom stereocenters. The van der Waals surface area contributed by atoms with Crippen LogP contribution in [-0.2, 0) is 0 Å². The zero-order valence-electron chi connectivity index (χ0n) is 10.5. The van der Waals surface area contributed by atoms with E-state index in [0.29, 0.717) is 15.8 Å². The van der Waals surface area contributed by atoms with Crippen LogP contribution < -0.4 is 0 Å². The average molecular weight is 297 g/mol. The highest BCUT2D eigenvalue weighted by Crippen LogP contribution is 2.32. The molecule has 0 aliphatic rings. The van der Waals surface area contributed by atoms with Crippen molar-refractivity contribution < 1.29 is 4.42 Å². The summed E-state index contributed by atoms with van der Waals surface area (Å²) in [6.07, 6.45) is 0. The van der Waals surface area contributed by atoms with Gasteiger partial charge in [-0.05, 0) is 0 Å². The van der Waals surface area contributed by atoms with Gasteiger partial charge in [-0.15, -0.1) is 12.6 Å². The Balaban J connectivity index is 2.20. The average Bonchev–Trinajstić information content (AvgIpc) is 2.94. The van der Waals surface area contributed by atoms with E-state index in [1.54, 1.807) is 0 Å². The van der Waals surface area contributed by atoms with Crippen molar-refractivity contribution in [1.82, 2.24) is 4.98 Å². The standard InChI is InChI=1S/C16H11NOS2/c19-16(20)15-17-13(11-7-3-1-4-8-11)14(18-15)12-9-5-2-6-10-12/h1-10H,(H,19,20). The molecule has 20 heavy (non-hydrogen) atoms. The Labute approximate surface area is 127 Å². The summed E-state index contributed by atoms with van der Waals surface area (Å²) in [6.45, 7) is 0. The van der Waals surface area contributed by atoms with Crippen molar-refractivity contribution in [2.45, 2.75) is 0 Å². The Morgan fingerprint density at radius 1 is 0.900 bits per heavy atom. The van der Waals surface area contributed by atoms with Gasteiger partial charge in [0.15, 0.2) is 5.76 Å². The van der Waals surface area contributed by atoms with E-state index in [1.165, 1.54) is 0 Å². The molecule has 0 aliphatic carbocycles. The number of benzene rings is 2. The summed E-state index contributed by atoms with van der Waals surface area (Å²) >= 11 is 9.19. The molecule has 0 atom stereocenters. The summed E-state index contributed by atoms with van der Waals surface area (Å²) < 4.78 is 6.14. The van der Waals surface area contributed by atoms with E-state index in [0.717, 1.165) is 16.8 Å². The quantitative estimate of drug-likeness (QED) is 0.564. The Hall–Kier alpha value is -1.91. The van der Waals surface area contributed by atoms with E-state index < -0.39 is 0 Å². The second kappa shape index (κ2) is 5.61. The van der Waals surface area contributed by atoms with Gasteiger partial charge >= 0.3 is 0 Å². The molecule has 0 bridgehead atoms. The minimum absolute atomic E-state index is 0.351. The number of hydrogen-bond donors (Lipinski definition) is 1. The third-order valence-corrected chi connectivity index (χ3v) is 3.26. The fourth-order valence-electron chi connectivity index (χ4n) is 1.99. The van der Waals surface area contributed by atoms with Gasteiger partial charge in [0.1, 0.15) is 9.89 Å². The second-order valence-corrected chi connectivity index (χ2v) is 5.39. The SMILES string of the molecule is S=C(S)c1nc(-c2ccccc2)c(-c2ccccc2)o1. The summed E-state index contributed by atoms with van der Waals surface area (Å²) in [5, 5.41) is 0. The predicted molar refractivity (Wildman–Crippen MR) is 88.1 cm³/mol. The molecule has 98 valence electrons. The van der Waals surface area contributed by atoms with E-state index >= 15 is 0 Å². The number of rotatable bonds is 3. The van der Waals surface area contributed by atoms with Crippen molar-refractivity contribution in [2.24, 2.45) is 0 Å². The normalized spacial score (nSPS) is 10.4. The van der Waals surface area contributed by atoms with Crippen molar-refractivity contribution in [2.75, 3.05) is 0 Å². The molecule has 1 aromatic heterocycles. The number of hydrogen-bond acceptors (Lipinski definition) is 3. The lowest BCUT2D eigenvalue weighted by molar-refractivity contribution is 0.565. The molecule has 0 fully saturated rings. The Bertz CT molecular complexity index is 679. The molecule has 3 aromatic rings. The molecule has 0 saturated carbocycles. The lowest BCUT2D eigenvalue weighted by Gasteiger charge is -2.00. The van der Waals surface area contributed by atoms with Crippen molar-refractivity contribution in [3.8, 4) is 22.6 Å². The van der Waals surface area contributed by atoms with Crippen molar-refractivity contribution in [3.05, 3.63) is 66.6 Å². The number of thiocarbonyl (C=S) groups is 1. The molecule has 2 nitrogen and oxygen atoms in total. The topological polar surface area (TPSA) is 26.0 Å². The summed E-state index contributed by atoms with van der Waals surface area (Å²) in [4.78, 5) is 4.47. The van der Waals surface area contributed by atoms with Gasteiger partial charge in [0.2, 0.25) is 5.89 Å². The minimum Gasteiger partial charge on any atom is -0.434 e. The largest absolute Gasteiger partial charge is 0.434 e. The lowest BCUT2D eigenvalue weighted by Crippen LogP contribution is -1.86. The molecular weight excluding hydrogens is 286 g/mol. The summed E-state index contributed by atoms with van der Waals surface area (Å²) in [5.41, 5.74) is 2.74. The molecule has 3 rings (SSSR count). The monoisotopic (exact) mass is 297 g/mol. The van der Waals surface area contributed by atoms with E-state index in [1.807, 2.05) is 60.7 Å². The van der Waals surface area contributed by atoms with Crippen molar-refractivity contribution >= 4 is 29.0 Å². The number of aromatic nitrogens is 1. The highest BCUT2D eigenvalue weighted by atomic mass is 32.1. The van der Waals surface area contributed by atoms with E-state index in [4.69, 9.17) is 16.6 Å². The van der Waals surface area contributed by atoms with Crippen LogP contribution in [0.5, 0.6) is 0 Å². The maximum Gasteiger partial charge on any atom is 0.244 e. The molecule has 2 aromatic carbocycles. The number of thiol groups is 1. The van der Waals surface area contributed by atoms with E-state index in [2.05, 4.69) is 17.6 Å². The first-order valence-electron chi connectivity index (χ1n) is 6.10. The lowest BCUT2D eigenvalue weighted by atomic mass is 10.1.